The van der Waals surface area contributed by atoms with Crippen molar-refractivity contribution in [1.29, 1.82) is 5.26 Å². The minimum absolute atomic E-state index is 0.00103. The van der Waals surface area contributed by atoms with Crippen LogP contribution in [0.2, 0.25) is 0 Å². The minimum Gasteiger partial charge on any atom is -0.465 e. The van der Waals surface area contributed by atoms with Crippen LogP contribution in [-0.2, 0) is 9.53 Å². The topological polar surface area (TPSA) is 70.4 Å². The highest BCUT2D eigenvalue weighted by atomic mass is 16.5. The number of amides is 1. The molecule has 0 unspecified atom stereocenters. The van der Waals surface area contributed by atoms with Gasteiger partial charge in [0.25, 0.3) is 0 Å². The third-order valence-corrected chi connectivity index (χ3v) is 3.15. The summed E-state index contributed by atoms with van der Waals surface area (Å²) in [5.41, 5.74) is 1.15. The van der Waals surface area contributed by atoms with Crippen LogP contribution in [0.25, 0.3) is 0 Å². The van der Waals surface area contributed by atoms with Gasteiger partial charge in [0, 0.05) is 13.0 Å². The molecular formula is C14H14N2O3. The molecule has 1 fully saturated rings. The van der Waals surface area contributed by atoms with Gasteiger partial charge in [0.1, 0.15) is 0 Å². The van der Waals surface area contributed by atoms with Gasteiger partial charge < -0.3 is 9.64 Å². The lowest BCUT2D eigenvalue weighted by Crippen LogP contribution is -2.36. The molecule has 5 heteroatoms. The highest BCUT2D eigenvalue weighted by molar-refractivity contribution is 6.03. The molecule has 1 aliphatic heterocycles. The zero-order valence-corrected chi connectivity index (χ0v) is 10.7. The van der Waals surface area contributed by atoms with E-state index >= 15 is 0 Å². The third kappa shape index (κ3) is 2.58. The van der Waals surface area contributed by atoms with E-state index in [1.807, 2.05) is 6.07 Å². The Morgan fingerprint density at radius 3 is 2.84 bits per heavy atom. The highest BCUT2D eigenvalue weighted by Crippen LogP contribution is 2.26. The summed E-state index contributed by atoms with van der Waals surface area (Å²) in [7, 11) is 1.28. The number of anilines is 1. The number of hydrogen-bond acceptors (Lipinski definition) is 4. The van der Waals surface area contributed by atoms with E-state index in [1.54, 1.807) is 17.0 Å². The number of esters is 1. The predicted octanol–water partition coefficient (Wildman–Crippen LogP) is 1.86. The van der Waals surface area contributed by atoms with Gasteiger partial charge in [-0.25, -0.2) is 4.79 Å². The van der Waals surface area contributed by atoms with Gasteiger partial charge in [-0.1, -0.05) is 0 Å². The molecule has 0 spiro atoms. The molecule has 0 radical (unpaired) electrons. The van der Waals surface area contributed by atoms with Crippen LogP contribution in [0.3, 0.4) is 0 Å². The number of nitriles is 1. The fourth-order valence-corrected chi connectivity index (χ4v) is 2.18. The molecule has 1 aliphatic rings. The van der Waals surface area contributed by atoms with Crippen LogP contribution < -0.4 is 4.90 Å². The van der Waals surface area contributed by atoms with Crippen molar-refractivity contribution in [2.75, 3.05) is 18.6 Å². The number of piperidine rings is 1. The number of rotatable bonds is 2. The number of nitrogens with zero attached hydrogens (tertiary/aromatic N) is 2. The molecule has 1 aromatic rings. The number of methoxy groups -OCH3 is 1. The standard InChI is InChI=1S/C14H14N2O3/c1-19-14(18)11-8-10(9-15)5-6-12(11)16-7-3-2-4-13(16)17/h5-6,8H,2-4,7H2,1H3. The molecule has 0 N–H and O–H groups in total. The average molecular weight is 258 g/mol. The molecule has 19 heavy (non-hydrogen) atoms. The summed E-state index contributed by atoms with van der Waals surface area (Å²) in [5.74, 6) is -0.536. The van der Waals surface area contributed by atoms with Crippen molar-refractivity contribution in [3.8, 4) is 6.07 Å². The Labute approximate surface area is 111 Å². The molecular weight excluding hydrogens is 244 g/mol. The Hall–Kier alpha value is -2.35. The molecule has 2 rings (SSSR count). The summed E-state index contributed by atoms with van der Waals surface area (Å²) in [6.45, 7) is 0.592. The molecule has 0 bridgehead atoms. The van der Waals surface area contributed by atoms with Crippen LogP contribution in [0.15, 0.2) is 18.2 Å². The fraction of sp³-hybridized carbons (Fsp3) is 0.357. The Morgan fingerprint density at radius 2 is 2.21 bits per heavy atom. The van der Waals surface area contributed by atoms with Crippen molar-refractivity contribution in [2.24, 2.45) is 0 Å². The predicted molar refractivity (Wildman–Crippen MR) is 68.7 cm³/mol. The Balaban J connectivity index is 2.46. The van der Waals surface area contributed by atoms with Crippen LogP contribution >= 0.6 is 0 Å². The molecule has 1 amide bonds. The Kier molecular flexibility index (Phi) is 3.81. The molecule has 0 aliphatic carbocycles. The van der Waals surface area contributed by atoms with Gasteiger partial charge in [-0.15, -0.1) is 0 Å². The van der Waals surface area contributed by atoms with Gasteiger partial charge in [-0.05, 0) is 31.0 Å². The van der Waals surface area contributed by atoms with E-state index in [4.69, 9.17) is 10.00 Å². The molecule has 1 aromatic carbocycles. The quantitative estimate of drug-likeness (QED) is 0.759. The van der Waals surface area contributed by atoms with E-state index < -0.39 is 5.97 Å². The molecule has 0 aromatic heterocycles. The first kappa shape index (κ1) is 13.1. The molecule has 98 valence electrons. The number of hydrogen-bond donors (Lipinski definition) is 0. The minimum atomic E-state index is -0.537. The van der Waals surface area contributed by atoms with Gasteiger partial charge in [-0.2, -0.15) is 5.26 Å². The number of ether oxygens (including phenoxy) is 1. The van der Waals surface area contributed by atoms with E-state index in [0.717, 1.165) is 12.8 Å². The highest BCUT2D eigenvalue weighted by Gasteiger charge is 2.24. The van der Waals surface area contributed by atoms with Gasteiger partial charge >= 0.3 is 5.97 Å². The van der Waals surface area contributed by atoms with Crippen molar-refractivity contribution in [1.82, 2.24) is 0 Å². The van der Waals surface area contributed by atoms with Gasteiger partial charge in [0.05, 0.1) is 30.0 Å². The Bertz CT molecular complexity index is 560. The van der Waals surface area contributed by atoms with Crippen molar-refractivity contribution < 1.29 is 14.3 Å². The summed E-state index contributed by atoms with van der Waals surface area (Å²) in [4.78, 5) is 25.3. The lowest BCUT2D eigenvalue weighted by Gasteiger charge is -2.28. The van der Waals surface area contributed by atoms with Crippen molar-refractivity contribution in [3.63, 3.8) is 0 Å². The first-order valence-electron chi connectivity index (χ1n) is 6.10. The maximum atomic E-state index is 11.9. The maximum absolute atomic E-state index is 11.9. The van der Waals surface area contributed by atoms with Gasteiger partial charge in [0.15, 0.2) is 0 Å². The smallest absolute Gasteiger partial charge is 0.340 e. The van der Waals surface area contributed by atoms with Crippen LogP contribution in [0.5, 0.6) is 0 Å². The van der Waals surface area contributed by atoms with Crippen LogP contribution in [0, 0.1) is 11.3 Å². The molecule has 0 saturated carbocycles. The van der Waals surface area contributed by atoms with E-state index in [1.165, 1.54) is 13.2 Å². The van der Waals surface area contributed by atoms with Crippen molar-refractivity contribution >= 4 is 17.6 Å². The first-order valence-corrected chi connectivity index (χ1v) is 6.10. The molecule has 1 saturated heterocycles. The van der Waals surface area contributed by atoms with E-state index in [-0.39, 0.29) is 11.5 Å². The van der Waals surface area contributed by atoms with Gasteiger partial charge in [-0.3, -0.25) is 4.79 Å². The summed E-state index contributed by atoms with van der Waals surface area (Å²) >= 11 is 0. The van der Waals surface area contributed by atoms with Crippen LogP contribution in [-0.4, -0.2) is 25.5 Å². The summed E-state index contributed by atoms with van der Waals surface area (Å²) in [5, 5.41) is 8.89. The average Bonchev–Trinajstić information content (AvgIpc) is 2.46. The van der Waals surface area contributed by atoms with E-state index in [0.29, 0.717) is 24.2 Å². The SMILES string of the molecule is COC(=O)c1cc(C#N)ccc1N1CCCCC1=O. The van der Waals surface area contributed by atoms with E-state index in [9.17, 15) is 9.59 Å². The van der Waals surface area contributed by atoms with Gasteiger partial charge in [0.2, 0.25) is 5.91 Å². The second-order valence-electron chi connectivity index (χ2n) is 4.34. The summed E-state index contributed by atoms with van der Waals surface area (Å²) < 4.78 is 4.72. The van der Waals surface area contributed by atoms with Crippen LogP contribution in [0.1, 0.15) is 35.2 Å². The van der Waals surface area contributed by atoms with E-state index in [2.05, 4.69) is 0 Å². The second kappa shape index (κ2) is 5.53. The zero-order chi connectivity index (χ0) is 13.8. The third-order valence-electron chi connectivity index (χ3n) is 3.15. The molecule has 0 atom stereocenters. The molecule has 5 nitrogen and oxygen atoms in total. The van der Waals surface area contributed by atoms with Crippen molar-refractivity contribution in [3.05, 3.63) is 29.3 Å². The number of benzene rings is 1. The summed E-state index contributed by atoms with van der Waals surface area (Å²) in [6.07, 6.45) is 2.27. The lowest BCUT2D eigenvalue weighted by molar-refractivity contribution is -0.119. The lowest BCUT2D eigenvalue weighted by atomic mass is 10.0. The first-order chi connectivity index (χ1) is 9.17. The number of carbonyl (C=O) groups is 2. The maximum Gasteiger partial charge on any atom is 0.340 e. The fourth-order valence-electron chi connectivity index (χ4n) is 2.18. The zero-order valence-electron chi connectivity index (χ0n) is 10.7. The Morgan fingerprint density at radius 1 is 1.42 bits per heavy atom. The normalized spacial score (nSPS) is 14.9. The van der Waals surface area contributed by atoms with Crippen LogP contribution in [0.4, 0.5) is 5.69 Å². The largest absolute Gasteiger partial charge is 0.465 e. The van der Waals surface area contributed by atoms with Crippen molar-refractivity contribution in [2.45, 2.75) is 19.3 Å². The second-order valence-corrected chi connectivity index (χ2v) is 4.34. The monoisotopic (exact) mass is 258 g/mol. The number of carbonyl (C=O) groups excluding carboxylic acids is 2. The molecule has 1 heterocycles. The summed E-state index contributed by atoms with van der Waals surface area (Å²) in [6, 6.07) is 6.67.